The van der Waals surface area contributed by atoms with E-state index >= 15 is 0 Å². The van der Waals surface area contributed by atoms with Gasteiger partial charge in [0.05, 0.1) is 6.61 Å². The Hall–Kier alpha value is -0.710. The fourth-order valence-corrected chi connectivity index (χ4v) is 1.37. The van der Waals surface area contributed by atoms with Crippen LogP contribution in [0.15, 0.2) is 0 Å². The molecule has 0 spiro atoms. The molecule has 20 heavy (non-hydrogen) atoms. The molecule has 0 bridgehead atoms. The molecule has 0 saturated carbocycles. The van der Waals surface area contributed by atoms with Gasteiger partial charge in [0, 0.05) is 26.6 Å². The largest absolute Gasteiger partial charge is 0.779 e. The van der Waals surface area contributed by atoms with Gasteiger partial charge < -0.3 is 24.1 Å². The average Bonchev–Trinajstić information content (AvgIpc) is 2.26. The Kier molecular flexibility index (Phi) is 19.9. The van der Waals surface area contributed by atoms with Gasteiger partial charge in [-0.15, -0.1) is 0 Å². The molecule has 1 atom stereocenters. The van der Waals surface area contributed by atoms with Crippen molar-refractivity contribution in [2.75, 3.05) is 19.8 Å². The van der Waals surface area contributed by atoms with Crippen molar-refractivity contribution < 1.29 is 23.6 Å². The Labute approximate surface area is 122 Å². The van der Waals surface area contributed by atoms with Crippen molar-refractivity contribution in [3.05, 3.63) is 0 Å². The van der Waals surface area contributed by atoms with Crippen LogP contribution in [0.5, 0.6) is 0 Å². The van der Waals surface area contributed by atoms with E-state index in [0.29, 0.717) is 6.61 Å². The van der Waals surface area contributed by atoms with Gasteiger partial charge in [0.15, 0.2) is 0 Å². The molecule has 0 heterocycles. The van der Waals surface area contributed by atoms with Crippen molar-refractivity contribution in [3.8, 4) is 0 Å². The first-order chi connectivity index (χ1) is 9.10. The predicted octanol–water partition coefficient (Wildman–Crippen LogP) is 2.11. The standard InChI is InChI=1S/C5H10O.C4H9NO.C4H11O3P/c1-3-4-5(2)6;1-3-5-4(2)6;1-3-4-7-8(2,5)6/h3-4H2,1-2H3;3H2,1-2H3,(H,5,6);3-4H2,1-2H3,(H,5,6)/p-1. The summed E-state index contributed by atoms with van der Waals surface area (Å²) in [6.45, 7) is 11.0. The van der Waals surface area contributed by atoms with Crippen LogP contribution in [0.2, 0.25) is 0 Å². The minimum atomic E-state index is -3.43. The maximum atomic E-state index is 10.2. The summed E-state index contributed by atoms with van der Waals surface area (Å²) < 4.78 is 14.6. The number of hydrogen-bond acceptors (Lipinski definition) is 5. The zero-order chi connectivity index (χ0) is 16.6. The van der Waals surface area contributed by atoms with E-state index in [4.69, 9.17) is 0 Å². The summed E-state index contributed by atoms with van der Waals surface area (Å²) in [6.07, 6.45) is 2.45. The van der Waals surface area contributed by atoms with Crippen LogP contribution in [0.4, 0.5) is 0 Å². The first-order valence-corrected chi connectivity index (χ1v) is 8.76. The minimum Gasteiger partial charge on any atom is -0.779 e. The second kappa shape index (κ2) is 16.3. The van der Waals surface area contributed by atoms with Crippen LogP contribution in [-0.4, -0.2) is 31.5 Å². The molecule has 1 unspecified atom stereocenters. The lowest BCUT2D eigenvalue weighted by molar-refractivity contribution is -0.196. The Bertz CT molecular complexity index is 272. The van der Waals surface area contributed by atoms with E-state index in [1.54, 1.807) is 6.92 Å². The SMILES string of the molecule is CCCC(C)=O.CCCOP(C)(=O)[O-].CCNC(C)=O. The summed E-state index contributed by atoms with van der Waals surface area (Å²) >= 11 is 0. The second-order valence-corrected chi connectivity index (χ2v) is 5.94. The van der Waals surface area contributed by atoms with Crippen molar-refractivity contribution in [1.82, 2.24) is 5.32 Å². The fraction of sp³-hybridized carbons (Fsp3) is 0.846. The highest BCUT2D eigenvalue weighted by Crippen LogP contribution is 2.30. The molecule has 0 aromatic rings. The van der Waals surface area contributed by atoms with Gasteiger partial charge >= 0.3 is 0 Å². The maximum Gasteiger partial charge on any atom is 0.216 e. The molecule has 0 saturated heterocycles. The van der Waals surface area contributed by atoms with Crippen molar-refractivity contribution >= 4 is 19.3 Å². The fourth-order valence-electron chi connectivity index (χ4n) is 0.858. The van der Waals surface area contributed by atoms with Gasteiger partial charge in [-0.25, -0.2) is 0 Å². The summed E-state index contributed by atoms with van der Waals surface area (Å²) in [5.41, 5.74) is 0. The minimum absolute atomic E-state index is 0.0394. The van der Waals surface area contributed by atoms with E-state index in [0.717, 1.165) is 32.5 Å². The molecular weight excluding hydrogens is 281 g/mol. The molecule has 0 rings (SSSR count). The van der Waals surface area contributed by atoms with E-state index < -0.39 is 7.60 Å². The number of carbonyl (C=O) groups is 2. The van der Waals surface area contributed by atoms with Crippen LogP contribution in [0.3, 0.4) is 0 Å². The Balaban J connectivity index is -0.000000221. The number of nitrogens with one attached hydrogen (secondary N) is 1. The van der Waals surface area contributed by atoms with Gasteiger partial charge in [0.1, 0.15) is 13.4 Å². The Morgan fingerprint density at radius 1 is 1.15 bits per heavy atom. The van der Waals surface area contributed by atoms with Crippen molar-refractivity contribution in [2.45, 2.75) is 53.9 Å². The van der Waals surface area contributed by atoms with Gasteiger partial charge in [-0.2, -0.15) is 0 Å². The number of ketones is 1. The summed E-state index contributed by atoms with van der Waals surface area (Å²) in [5, 5.41) is 2.57. The molecule has 6 nitrogen and oxygen atoms in total. The zero-order valence-electron chi connectivity index (χ0n) is 13.5. The molecule has 0 aromatic carbocycles. The first kappa shape index (κ1) is 24.3. The lowest BCUT2D eigenvalue weighted by Crippen LogP contribution is -2.18. The number of amides is 1. The normalized spacial score (nSPS) is 11.9. The molecule has 1 amide bonds. The monoisotopic (exact) mass is 310 g/mol. The smallest absolute Gasteiger partial charge is 0.216 e. The third-order valence-electron chi connectivity index (χ3n) is 1.56. The van der Waals surface area contributed by atoms with Crippen LogP contribution in [-0.2, 0) is 18.7 Å². The van der Waals surface area contributed by atoms with Crippen molar-refractivity contribution in [3.63, 3.8) is 0 Å². The molecule has 0 aliphatic rings. The van der Waals surface area contributed by atoms with Crippen LogP contribution in [0.1, 0.15) is 53.9 Å². The Morgan fingerprint density at radius 2 is 1.65 bits per heavy atom. The molecule has 0 aliphatic carbocycles. The molecule has 0 radical (unpaired) electrons. The highest BCUT2D eigenvalue weighted by molar-refractivity contribution is 7.50. The highest BCUT2D eigenvalue weighted by Gasteiger charge is 1.94. The molecule has 7 heteroatoms. The topological polar surface area (TPSA) is 95.5 Å². The maximum absolute atomic E-state index is 10.2. The van der Waals surface area contributed by atoms with Crippen molar-refractivity contribution in [1.29, 1.82) is 0 Å². The Morgan fingerprint density at radius 3 is 1.70 bits per heavy atom. The van der Waals surface area contributed by atoms with E-state index in [-0.39, 0.29) is 11.7 Å². The third-order valence-corrected chi connectivity index (χ3v) is 2.21. The van der Waals surface area contributed by atoms with Gasteiger partial charge in [-0.3, -0.25) is 4.79 Å². The number of hydrogen-bond donors (Lipinski definition) is 1. The van der Waals surface area contributed by atoms with E-state index in [9.17, 15) is 19.0 Å². The van der Waals surface area contributed by atoms with Gasteiger partial charge in [0.25, 0.3) is 0 Å². The van der Waals surface area contributed by atoms with Crippen LogP contribution < -0.4 is 10.2 Å². The van der Waals surface area contributed by atoms with Gasteiger partial charge in [-0.05, 0) is 26.7 Å². The number of Topliss-reactive ketones (excluding diaryl/α,β-unsaturated/α-hetero) is 1. The zero-order valence-corrected chi connectivity index (χ0v) is 14.4. The molecule has 0 aliphatic heterocycles. The number of carbonyl (C=O) groups excluding carboxylic acids is 2. The van der Waals surface area contributed by atoms with Gasteiger partial charge in [0.2, 0.25) is 5.91 Å². The quantitative estimate of drug-likeness (QED) is 0.758. The summed E-state index contributed by atoms with van der Waals surface area (Å²) in [4.78, 5) is 30.2. The summed E-state index contributed by atoms with van der Waals surface area (Å²) in [6, 6.07) is 0. The third kappa shape index (κ3) is 43.3. The molecular formula is C13H29NO5P-. The van der Waals surface area contributed by atoms with Crippen LogP contribution in [0.25, 0.3) is 0 Å². The molecule has 0 fully saturated rings. The summed E-state index contributed by atoms with van der Waals surface area (Å²) in [7, 11) is -3.43. The first-order valence-electron chi connectivity index (χ1n) is 6.77. The molecule has 122 valence electrons. The van der Waals surface area contributed by atoms with Crippen LogP contribution in [0, 0.1) is 0 Å². The van der Waals surface area contributed by atoms with Crippen molar-refractivity contribution in [2.24, 2.45) is 0 Å². The predicted molar refractivity (Wildman–Crippen MR) is 79.7 cm³/mol. The second-order valence-electron chi connectivity index (χ2n) is 4.14. The molecule has 1 N–H and O–H groups in total. The van der Waals surface area contributed by atoms with E-state index in [2.05, 4.69) is 9.84 Å². The van der Waals surface area contributed by atoms with E-state index in [1.165, 1.54) is 6.92 Å². The average molecular weight is 310 g/mol. The highest BCUT2D eigenvalue weighted by atomic mass is 31.2. The van der Waals surface area contributed by atoms with Gasteiger partial charge in [-0.1, -0.05) is 13.8 Å². The molecule has 0 aromatic heterocycles. The van der Waals surface area contributed by atoms with Crippen LogP contribution >= 0.6 is 7.60 Å². The lowest BCUT2D eigenvalue weighted by atomic mass is 10.3. The lowest BCUT2D eigenvalue weighted by Gasteiger charge is -2.16. The van der Waals surface area contributed by atoms with E-state index in [1.807, 2.05) is 20.8 Å². The number of rotatable bonds is 6. The summed E-state index contributed by atoms with van der Waals surface area (Å²) in [5.74, 6) is 0.329.